The van der Waals surface area contributed by atoms with Gasteiger partial charge in [0.15, 0.2) is 5.75 Å². The molecule has 3 nitrogen and oxygen atoms in total. The second-order valence-electron chi connectivity index (χ2n) is 4.26. The molecule has 1 heterocycles. The highest BCUT2D eigenvalue weighted by Crippen LogP contribution is 2.35. The molecule has 5 heteroatoms. The van der Waals surface area contributed by atoms with Crippen LogP contribution in [0, 0.1) is 5.82 Å². The van der Waals surface area contributed by atoms with Gasteiger partial charge in [-0.2, -0.15) is 0 Å². The zero-order valence-electron chi connectivity index (χ0n) is 10.3. The first-order chi connectivity index (χ1) is 9.63. The van der Waals surface area contributed by atoms with E-state index in [1.165, 1.54) is 12.1 Å². The van der Waals surface area contributed by atoms with E-state index in [0.717, 1.165) is 15.4 Å². The van der Waals surface area contributed by atoms with Crippen molar-refractivity contribution in [1.82, 2.24) is 4.98 Å². The van der Waals surface area contributed by atoms with E-state index in [9.17, 15) is 4.39 Å². The highest BCUT2D eigenvalue weighted by molar-refractivity contribution is 9.10. The minimum Gasteiger partial charge on any atom is -0.454 e. The van der Waals surface area contributed by atoms with Gasteiger partial charge in [0.1, 0.15) is 11.6 Å². The molecule has 20 heavy (non-hydrogen) atoms. The Hall–Kier alpha value is -2.14. The van der Waals surface area contributed by atoms with Crippen LogP contribution in [0.15, 0.2) is 53.1 Å². The Labute approximate surface area is 123 Å². The van der Waals surface area contributed by atoms with Gasteiger partial charge in [0.2, 0.25) is 0 Å². The quantitative estimate of drug-likeness (QED) is 0.751. The minimum absolute atomic E-state index is 0.312. The molecular formula is C15H10BrFN2O. The summed E-state index contributed by atoms with van der Waals surface area (Å²) < 4.78 is 19.6. The van der Waals surface area contributed by atoms with Crippen molar-refractivity contribution < 1.29 is 9.13 Å². The number of aromatic nitrogens is 1. The Morgan fingerprint density at radius 1 is 1.10 bits per heavy atom. The van der Waals surface area contributed by atoms with Crippen molar-refractivity contribution in [2.75, 3.05) is 5.73 Å². The second kappa shape index (κ2) is 5.09. The normalized spacial score (nSPS) is 10.7. The molecule has 0 radical (unpaired) electrons. The monoisotopic (exact) mass is 332 g/mol. The van der Waals surface area contributed by atoms with E-state index in [1.54, 1.807) is 18.3 Å². The van der Waals surface area contributed by atoms with Gasteiger partial charge in [-0.1, -0.05) is 15.9 Å². The molecule has 0 spiro atoms. The van der Waals surface area contributed by atoms with E-state index in [0.29, 0.717) is 17.2 Å². The van der Waals surface area contributed by atoms with Gasteiger partial charge >= 0.3 is 0 Å². The first-order valence-electron chi connectivity index (χ1n) is 5.90. The molecule has 0 fully saturated rings. The van der Waals surface area contributed by atoms with Crippen molar-refractivity contribution in [2.45, 2.75) is 0 Å². The lowest BCUT2D eigenvalue weighted by Crippen LogP contribution is -1.95. The van der Waals surface area contributed by atoms with Gasteiger partial charge < -0.3 is 10.5 Å². The average Bonchev–Trinajstić information content (AvgIpc) is 2.44. The molecule has 0 saturated carbocycles. The van der Waals surface area contributed by atoms with Crippen LogP contribution in [0.3, 0.4) is 0 Å². The van der Waals surface area contributed by atoms with Crippen LogP contribution in [-0.2, 0) is 0 Å². The van der Waals surface area contributed by atoms with Crippen LogP contribution in [-0.4, -0.2) is 4.98 Å². The molecule has 2 N–H and O–H groups in total. The lowest BCUT2D eigenvalue weighted by Gasteiger charge is -2.11. The summed E-state index contributed by atoms with van der Waals surface area (Å²) in [5, 5.41) is 0.795. The van der Waals surface area contributed by atoms with Gasteiger partial charge in [0.25, 0.3) is 0 Å². The SMILES string of the molecule is Nc1cnc2ccc(Br)cc2c1Oc1ccc(F)cc1. The third-order valence-corrected chi connectivity index (χ3v) is 3.33. The van der Waals surface area contributed by atoms with E-state index in [1.807, 2.05) is 18.2 Å². The number of pyridine rings is 1. The molecule has 100 valence electrons. The zero-order chi connectivity index (χ0) is 14.1. The van der Waals surface area contributed by atoms with Crippen molar-refractivity contribution >= 4 is 32.5 Å². The van der Waals surface area contributed by atoms with E-state index >= 15 is 0 Å². The van der Waals surface area contributed by atoms with Crippen molar-refractivity contribution in [2.24, 2.45) is 0 Å². The topological polar surface area (TPSA) is 48.1 Å². The van der Waals surface area contributed by atoms with Crippen molar-refractivity contribution in [1.29, 1.82) is 0 Å². The lowest BCUT2D eigenvalue weighted by atomic mass is 10.2. The molecule has 0 aliphatic heterocycles. The zero-order valence-corrected chi connectivity index (χ0v) is 11.9. The molecule has 0 aliphatic carbocycles. The molecule has 0 atom stereocenters. The lowest BCUT2D eigenvalue weighted by molar-refractivity contribution is 0.488. The number of nitrogens with zero attached hydrogens (tertiary/aromatic N) is 1. The van der Waals surface area contributed by atoms with Crippen molar-refractivity contribution in [3.8, 4) is 11.5 Å². The van der Waals surface area contributed by atoms with Crippen LogP contribution in [0.1, 0.15) is 0 Å². The number of benzene rings is 2. The maximum Gasteiger partial charge on any atom is 0.161 e. The third kappa shape index (κ3) is 2.44. The fraction of sp³-hybridized carbons (Fsp3) is 0. The number of nitrogen functional groups attached to an aromatic ring is 1. The maximum atomic E-state index is 12.9. The van der Waals surface area contributed by atoms with Gasteiger partial charge in [0, 0.05) is 9.86 Å². The van der Waals surface area contributed by atoms with E-state index in [2.05, 4.69) is 20.9 Å². The summed E-state index contributed by atoms with van der Waals surface area (Å²) in [5.74, 6) is 0.723. The highest BCUT2D eigenvalue weighted by atomic mass is 79.9. The first-order valence-corrected chi connectivity index (χ1v) is 6.70. The fourth-order valence-corrected chi connectivity index (χ4v) is 2.25. The average molecular weight is 333 g/mol. The largest absolute Gasteiger partial charge is 0.454 e. The van der Waals surface area contributed by atoms with E-state index < -0.39 is 0 Å². The van der Waals surface area contributed by atoms with Crippen molar-refractivity contribution in [3.05, 3.63) is 59.0 Å². The molecule has 0 amide bonds. The van der Waals surface area contributed by atoms with Gasteiger partial charge in [-0.25, -0.2) is 4.39 Å². The van der Waals surface area contributed by atoms with E-state index in [4.69, 9.17) is 10.5 Å². The van der Waals surface area contributed by atoms with Crippen molar-refractivity contribution in [3.63, 3.8) is 0 Å². The third-order valence-electron chi connectivity index (χ3n) is 2.84. The van der Waals surface area contributed by atoms with Crippen LogP contribution >= 0.6 is 15.9 Å². The van der Waals surface area contributed by atoms with Crippen LogP contribution in [0.4, 0.5) is 10.1 Å². The Bertz CT molecular complexity index is 769. The number of halogens is 2. The smallest absolute Gasteiger partial charge is 0.161 e. The molecule has 3 aromatic rings. The summed E-state index contributed by atoms with van der Waals surface area (Å²) in [7, 11) is 0. The molecule has 2 aromatic carbocycles. The number of ether oxygens (including phenoxy) is 1. The van der Waals surface area contributed by atoms with Crippen LogP contribution < -0.4 is 10.5 Å². The second-order valence-corrected chi connectivity index (χ2v) is 5.18. The number of fused-ring (bicyclic) bond motifs is 1. The number of nitrogens with two attached hydrogens (primary N) is 1. The Balaban J connectivity index is 2.12. The summed E-state index contributed by atoms with van der Waals surface area (Å²) >= 11 is 3.41. The van der Waals surface area contributed by atoms with Gasteiger partial charge in [0.05, 0.1) is 17.4 Å². The molecule has 0 aliphatic rings. The first kappa shape index (κ1) is 12.9. The van der Waals surface area contributed by atoms with Crippen LogP contribution in [0.5, 0.6) is 11.5 Å². The molecule has 1 aromatic heterocycles. The van der Waals surface area contributed by atoms with E-state index in [-0.39, 0.29) is 5.82 Å². The Morgan fingerprint density at radius 2 is 1.85 bits per heavy atom. The summed E-state index contributed by atoms with van der Waals surface area (Å²) in [6.45, 7) is 0. The number of hydrogen-bond acceptors (Lipinski definition) is 3. The van der Waals surface area contributed by atoms with Gasteiger partial charge in [-0.3, -0.25) is 4.98 Å². The summed E-state index contributed by atoms with van der Waals surface area (Å²) in [5.41, 5.74) is 7.15. The number of hydrogen-bond donors (Lipinski definition) is 1. The van der Waals surface area contributed by atoms with Crippen LogP contribution in [0.25, 0.3) is 10.9 Å². The van der Waals surface area contributed by atoms with Gasteiger partial charge in [-0.15, -0.1) is 0 Å². The number of rotatable bonds is 2. The summed E-state index contributed by atoms with van der Waals surface area (Å²) in [4.78, 5) is 4.25. The number of anilines is 1. The molecule has 3 rings (SSSR count). The summed E-state index contributed by atoms with van der Waals surface area (Å²) in [6, 6.07) is 11.4. The van der Waals surface area contributed by atoms with Crippen LogP contribution in [0.2, 0.25) is 0 Å². The predicted octanol–water partition coefficient (Wildman–Crippen LogP) is 4.51. The Morgan fingerprint density at radius 3 is 2.60 bits per heavy atom. The fourth-order valence-electron chi connectivity index (χ4n) is 1.89. The Kier molecular flexibility index (Phi) is 3.28. The minimum atomic E-state index is -0.312. The molecular weight excluding hydrogens is 323 g/mol. The van der Waals surface area contributed by atoms with Gasteiger partial charge in [-0.05, 0) is 42.5 Å². The molecule has 0 saturated heterocycles. The standard InChI is InChI=1S/C15H10BrFN2O/c16-9-1-6-14-12(7-9)15(13(18)8-19-14)20-11-4-2-10(17)3-5-11/h1-8H,18H2. The predicted molar refractivity (Wildman–Crippen MR) is 80.3 cm³/mol. The molecule has 0 bridgehead atoms. The maximum absolute atomic E-state index is 12.9. The molecule has 0 unspecified atom stereocenters. The summed E-state index contributed by atoms with van der Waals surface area (Å²) in [6.07, 6.45) is 1.55. The highest BCUT2D eigenvalue weighted by Gasteiger charge is 2.10.